The summed E-state index contributed by atoms with van der Waals surface area (Å²) in [6.45, 7) is 1.71. The number of rotatable bonds is 8. The Morgan fingerprint density at radius 1 is 1.35 bits per heavy atom. The fourth-order valence-corrected chi connectivity index (χ4v) is 1.88. The number of ketones is 1. The van der Waals surface area contributed by atoms with Gasteiger partial charge in [0.05, 0.1) is 12.0 Å². The van der Waals surface area contributed by atoms with Gasteiger partial charge in [0.1, 0.15) is 11.8 Å². The first-order valence-corrected chi connectivity index (χ1v) is 7.03. The molecule has 0 fully saturated rings. The van der Waals surface area contributed by atoms with Gasteiger partial charge in [0, 0.05) is 30.5 Å². The van der Waals surface area contributed by atoms with Crippen molar-refractivity contribution in [2.24, 2.45) is 0 Å². The van der Waals surface area contributed by atoms with Gasteiger partial charge in [-0.3, -0.25) is 19.7 Å². The standard InChI is InChI=1S/C15H18N2O6/c1-3-12(18)7-8-13(15(20)23-2)16-14(19)10-5-4-6-11(9-10)17(21)22/h4-6,9,13H,3,7-8H2,1-2H3,(H,16,19)/t13-/m1/s1. The summed E-state index contributed by atoms with van der Waals surface area (Å²) in [6, 6.07) is 4.16. The maximum atomic E-state index is 12.1. The van der Waals surface area contributed by atoms with Crippen LogP contribution < -0.4 is 5.32 Å². The van der Waals surface area contributed by atoms with Gasteiger partial charge in [0.25, 0.3) is 11.6 Å². The number of benzene rings is 1. The van der Waals surface area contributed by atoms with Crippen LogP contribution in [-0.4, -0.2) is 35.7 Å². The van der Waals surface area contributed by atoms with Gasteiger partial charge in [-0.2, -0.15) is 0 Å². The van der Waals surface area contributed by atoms with Crippen LogP contribution in [0.3, 0.4) is 0 Å². The van der Waals surface area contributed by atoms with E-state index >= 15 is 0 Å². The van der Waals surface area contributed by atoms with E-state index in [4.69, 9.17) is 0 Å². The molecule has 0 unspecified atom stereocenters. The first-order chi connectivity index (χ1) is 10.9. The van der Waals surface area contributed by atoms with Crippen molar-refractivity contribution in [3.63, 3.8) is 0 Å². The zero-order valence-corrected chi connectivity index (χ0v) is 12.9. The molecule has 0 aliphatic carbocycles. The molecule has 0 spiro atoms. The molecule has 0 radical (unpaired) electrons. The summed E-state index contributed by atoms with van der Waals surface area (Å²) < 4.78 is 4.60. The first-order valence-electron chi connectivity index (χ1n) is 7.03. The van der Waals surface area contributed by atoms with Crippen LogP contribution in [0.5, 0.6) is 0 Å². The number of hydrogen-bond donors (Lipinski definition) is 1. The number of nitrogens with zero attached hydrogens (tertiary/aromatic N) is 1. The summed E-state index contributed by atoms with van der Waals surface area (Å²) >= 11 is 0. The monoisotopic (exact) mass is 322 g/mol. The topological polar surface area (TPSA) is 116 Å². The van der Waals surface area contributed by atoms with E-state index in [2.05, 4.69) is 10.1 Å². The highest BCUT2D eigenvalue weighted by Crippen LogP contribution is 2.13. The number of hydrogen-bond acceptors (Lipinski definition) is 6. The molecule has 1 aromatic rings. The fourth-order valence-electron chi connectivity index (χ4n) is 1.88. The van der Waals surface area contributed by atoms with Crippen molar-refractivity contribution in [2.45, 2.75) is 32.2 Å². The van der Waals surface area contributed by atoms with Gasteiger partial charge >= 0.3 is 5.97 Å². The van der Waals surface area contributed by atoms with Crippen LogP contribution >= 0.6 is 0 Å². The molecule has 0 aliphatic rings. The van der Waals surface area contributed by atoms with Crippen molar-refractivity contribution in [3.05, 3.63) is 39.9 Å². The number of carbonyl (C=O) groups excluding carboxylic acids is 3. The number of non-ortho nitro benzene ring substituents is 1. The minimum absolute atomic E-state index is 0.0384. The van der Waals surface area contributed by atoms with Crippen molar-refractivity contribution in [1.82, 2.24) is 5.32 Å². The van der Waals surface area contributed by atoms with Gasteiger partial charge in [0.15, 0.2) is 0 Å². The molecule has 0 bridgehead atoms. The van der Waals surface area contributed by atoms with Gasteiger partial charge in [-0.25, -0.2) is 4.79 Å². The van der Waals surface area contributed by atoms with Crippen LogP contribution in [-0.2, 0) is 14.3 Å². The van der Waals surface area contributed by atoms with Crippen molar-refractivity contribution in [3.8, 4) is 0 Å². The summed E-state index contributed by atoms with van der Waals surface area (Å²) in [5.41, 5.74) is -0.177. The Bertz CT molecular complexity index is 614. The molecule has 0 saturated heterocycles. The second kappa shape index (κ2) is 8.62. The molecular formula is C15H18N2O6. The van der Waals surface area contributed by atoms with E-state index in [0.29, 0.717) is 6.42 Å². The Morgan fingerprint density at radius 2 is 2.04 bits per heavy atom. The zero-order valence-electron chi connectivity index (χ0n) is 12.9. The third-order valence-corrected chi connectivity index (χ3v) is 3.22. The lowest BCUT2D eigenvalue weighted by Gasteiger charge is -2.16. The van der Waals surface area contributed by atoms with Crippen LogP contribution in [0.1, 0.15) is 36.5 Å². The molecule has 8 heteroatoms. The molecule has 0 aliphatic heterocycles. The fraction of sp³-hybridized carbons (Fsp3) is 0.400. The summed E-state index contributed by atoms with van der Waals surface area (Å²) in [7, 11) is 1.18. The SMILES string of the molecule is CCC(=O)CC[C@@H](NC(=O)c1cccc([N+](=O)[O-])c1)C(=O)OC. The van der Waals surface area contributed by atoms with E-state index in [9.17, 15) is 24.5 Å². The van der Waals surface area contributed by atoms with Gasteiger partial charge in [0.2, 0.25) is 0 Å². The molecule has 1 N–H and O–H groups in total. The van der Waals surface area contributed by atoms with Gasteiger partial charge in [-0.05, 0) is 12.5 Å². The maximum Gasteiger partial charge on any atom is 0.328 e. The van der Waals surface area contributed by atoms with Crippen LogP contribution in [0.4, 0.5) is 5.69 Å². The molecule has 124 valence electrons. The van der Waals surface area contributed by atoms with E-state index in [0.717, 1.165) is 6.07 Å². The molecule has 0 saturated carbocycles. The summed E-state index contributed by atoms with van der Waals surface area (Å²) in [5, 5.41) is 13.2. The molecule has 0 heterocycles. The van der Waals surface area contributed by atoms with Gasteiger partial charge in [-0.1, -0.05) is 13.0 Å². The largest absolute Gasteiger partial charge is 0.467 e. The van der Waals surface area contributed by atoms with Crippen LogP contribution in [0.2, 0.25) is 0 Å². The molecule has 0 aromatic heterocycles. The molecule has 1 rings (SSSR count). The predicted octanol–water partition coefficient (Wildman–Crippen LogP) is 1.63. The molecule has 8 nitrogen and oxygen atoms in total. The number of ether oxygens (including phenoxy) is 1. The van der Waals surface area contributed by atoms with Crippen LogP contribution in [0, 0.1) is 10.1 Å². The van der Waals surface area contributed by atoms with Crippen LogP contribution in [0.15, 0.2) is 24.3 Å². The minimum atomic E-state index is -0.984. The van der Waals surface area contributed by atoms with Gasteiger partial charge in [-0.15, -0.1) is 0 Å². The normalized spacial score (nSPS) is 11.4. The maximum absolute atomic E-state index is 12.1. The average molecular weight is 322 g/mol. The lowest BCUT2D eigenvalue weighted by atomic mass is 10.1. The summed E-state index contributed by atoms with van der Waals surface area (Å²) in [6.07, 6.45) is 0.582. The lowest BCUT2D eigenvalue weighted by molar-refractivity contribution is -0.384. The Labute approximate surface area is 133 Å². The van der Waals surface area contributed by atoms with E-state index in [1.165, 1.54) is 25.3 Å². The number of amides is 1. The third-order valence-electron chi connectivity index (χ3n) is 3.22. The Kier molecular flexibility index (Phi) is 6.85. The number of methoxy groups -OCH3 is 1. The van der Waals surface area contributed by atoms with Crippen molar-refractivity contribution < 1.29 is 24.0 Å². The van der Waals surface area contributed by atoms with E-state index in [-0.39, 0.29) is 29.9 Å². The highest BCUT2D eigenvalue weighted by atomic mass is 16.6. The number of nitrogens with one attached hydrogen (secondary N) is 1. The number of carbonyl (C=O) groups is 3. The molecule has 1 atom stereocenters. The average Bonchev–Trinajstić information content (AvgIpc) is 2.57. The number of nitro groups is 1. The van der Waals surface area contributed by atoms with Crippen LogP contribution in [0.25, 0.3) is 0 Å². The summed E-state index contributed by atoms with van der Waals surface area (Å²) in [5.74, 6) is -1.36. The van der Waals surface area contributed by atoms with E-state index in [1.807, 2.05) is 0 Å². The van der Waals surface area contributed by atoms with E-state index in [1.54, 1.807) is 6.92 Å². The quantitative estimate of drug-likeness (QED) is 0.442. The third kappa shape index (κ3) is 5.50. The van der Waals surface area contributed by atoms with Crippen molar-refractivity contribution in [2.75, 3.05) is 7.11 Å². The highest BCUT2D eigenvalue weighted by Gasteiger charge is 2.23. The molecule has 23 heavy (non-hydrogen) atoms. The lowest BCUT2D eigenvalue weighted by Crippen LogP contribution is -2.41. The highest BCUT2D eigenvalue weighted by molar-refractivity contribution is 5.97. The number of esters is 1. The van der Waals surface area contributed by atoms with Crippen molar-refractivity contribution >= 4 is 23.3 Å². The smallest absolute Gasteiger partial charge is 0.328 e. The second-order valence-corrected chi connectivity index (χ2v) is 4.79. The van der Waals surface area contributed by atoms with Gasteiger partial charge < -0.3 is 10.1 Å². The number of nitro benzene ring substituents is 1. The Morgan fingerprint density at radius 3 is 2.61 bits per heavy atom. The first kappa shape index (κ1) is 18.3. The Hall–Kier alpha value is -2.77. The zero-order chi connectivity index (χ0) is 17.4. The summed E-state index contributed by atoms with van der Waals surface area (Å²) in [4.78, 5) is 45.3. The molecular weight excluding hydrogens is 304 g/mol. The minimum Gasteiger partial charge on any atom is -0.467 e. The number of Topliss-reactive ketones (excluding diaryl/α,β-unsaturated/α-hetero) is 1. The van der Waals surface area contributed by atoms with Crippen molar-refractivity contribution in [1.29, 1.82) is 0 Å². The second-order valence-electron chi connectivity index (χ2n) is 4.79. The Balaban J connectivity index is 2.83. The predicted molar refractivity (Wildman–Crippen MR) is 80.9 cm³/mol. The molecule has 1 aromatic carbocycles. The molecule has 1 amide bonds. The van der Waals surface area contributed by atoms with E-state index < -0.39 is 22.8 Å².